The van der Waals surface area contributed by atoms with E-state index < -0.39 is 0 Å². The van der Waals surface area contributed by atoms with Gasteiger partial charge < -0.3 is 0 Å². The number of aromatic nitrogens is 1. The summed E-state index contributed by atoms with van der Waals surface area (Å²) in [6.07, 6.45) is 3.30. The third-order valence-electron chi connectivity index (χ3n) is 2.45. The fourth-order valence-corrected chi connectivity index (χ4v) is 1.57. The van der Waals surface area contributed by atoms with Gasteiger partial charge in [0.25, 0.3) is 0 Å². The number of nitrogens with zero attached hydrogens (tertiary/aromatic N) is 1. The maximum absolute atomic E-state index is 11.9. The van der Waals surface area contributed by atoms with Gasteiger partial charge in [0.15, 0.2) is 5.78 Å². The predicted octanol–water partition coefficient (Wildman–Crippen LogP) is 3.32. The molecule has 1 heterocycles. The zero-order valence-electron chi connectivity index (χ0n) is 8.62. The normalized spacial score (nSPS) is 12.9. The molecule has 76 valence electrons. The lowest BCUT2D eigenvalue weighted by atomic mass is 9.90. The molecular weight excluding hydrogens is 242 g/mol. The molecule has 0 N–H and O–H groups in total. The highest BCUT2D eigenvalue weighted by Gasteiger charge is 2.20. The van der Waals surface area contributed by atoms with Gasteiger partial charge in [-0.3, -0.25) is 9.78 Å². The van der Waals surface area contributed by atoms with Crippen LogP contribution in [0.2, 0.25) is 0 Å². The van der Waals surface area contributed by atoms with Gasteiger partial charge in [-0.05, 0) is 27.9 Å². The fraction of sp³-hybridized carbons (Fsp3) is 0.455. The number of ketones is 1. The van der Waals surface area contributed by atoms with Crippen LogP contribution in [-0.2, 0) is 0 Å². The SMILES string of the molecule is CC(C)C(C)C(=O)c1ccncc1Br. The molecule has 0 saturated carbocycles. The summed E-state index contributed by atoms with van der Waals surface area (Å²) < 4.78 is 0.775. The molecule has 0 aliphatic carbocycles. The van der Waals surface area contributed by atoms with Crippen LogP contribution in [-0.4, -0.2) is 10.8 Å². The molecule has 1 rings (SSSR count). The van der Waals surface area contributed by atoms with E-state index in [9.17, 15) is 4.79 Å². The van der Waals surface area contributed by atoms with Crippen molar-refractivity contribution < 1.29 is 4.79 Å². The molecule has 2 nitrogen and oxygen atoms in total. The minimum absolute atomic E-state index is 0.0497. The van der Waals surface area contributed by atoms with E-state index in [1.165, 1.54) is 0 Å². The van der Waals surface area contributed by atoms with E-state index in [4.69, 9.17) is 0 Å². The lowest BCUT2D eigenvalue weighted by Crippen LogP contribution is -2.17. The molecule has 1 atom stereocenters. The Hall–Kier alpha value is -0.700. The van der Waals surface area contributed by atoms with Gasteiger partial charge in [-0.1, -0.05) is 20.8 Å². The van der Waals surface area contributed by atoms with E-state index in [0.717, 1.165) is 10.0 Å². The second-order valence-corrected chi connectivity index (χ2v) is 4.61. The van der Waals surface area contributed by atoms with Crippen LogP contribution in [0, 0.1) is 11.8 Å². The first kappa shape index (κ1) is 11.4. The smallest absolute Gasteiger partial charge is 0.167 e. The highest BCUT2D eigenvalue weighted by molar-refractivity contribution is 9.10. The molecule has 0 bridgehead atoms. The first-order valence-electron chi connectivity index (χ1n) is 4.67. The molecule has 0 spiro atoms. The van der Waals surface area contributed by atoms with Crippen molar-refractivity contribution in [2.75, 3.05) is 0 Å². The summed E-state index contributed by atoms with van der Waals surface area (Å²) in [5, 5.41) is 0. The number of pyridine rings is 1. The van der Waals surface area contributed by atoms with Gasteiger partial charge in [-0.2, -0.15) is 0 Å². The van der Waals surface area contributed by atoms with Crippen LogP contribution in [0.4, 0.5) is 0 Å². The Labute approximate surface area is 92.9 Å². The van der Waals surface area contributed by atoms with Crippen LogP contribution in [0.3, 0.4) is 0 Å². The summed E-state index contributed by atoms with van der Waals surface area (Å²) in [5.41, 5.74) is 0.723. The van der Waals surface area contributed by atoms with E-state index in [1.807, 2.05) is 6.92 Å². The largest absolute Gasteiger partial charge is 0.294 e. The quantitative estimate of drug-likeness (QED) is 0.776. The van der Waals surface area contributed by atoms with E-state index in [1.54, 1.807) is 18.5 Å². The van der Waals surface area contributed by atoms with E-state index in [0.29, 0.717) is 5.92 Å². The second-order valence-electron chi connectivity index (χ2n) is 3.75. The van der Waals surface area contributed by atoms with Gasteiger partial charge in [0.2, 0.25) is 0 Å². The Kier molecular flexibility index (Phi) is 3.81. The van der Waals surface area contributed by atoms with Crippen LogP contribution < -0.4 is 0 Å². The van der Waals surface area contributed by atoms with Crippen molar-refractivity contribution in [1.82, 2.24) is 4.98 Å². The van der Waals surface area contributed by atoms with Crippen LogP contribution in [0.15, 0.2) is 22.9 Å². The van der Waals surface area contributed by atoms with Crippen molar-refractivity contribution in [3.63, 3.8) is 0 Å². The highest BCUT2D eigenvalue weighted by atomic mass is 79.9. The number of Topliss-reactive ketones (excluding diaryl/α,β-unsaturated/α-hetero) is 1. The zero-order valence-corrected chi connectivity index (χ0v) is 10.2. The van der Waals surface area contributed by atoms with Crippen molar-refractivity contribution in [1.29, 1.82) is 0 Å². The number of carbonyl (C=O) groups excluding carboxylic acids is 1. The molecule has 3 heteroatoms. The number of carbonyl (C=O) groups is 1. The zero-order chi connectivity index (χ0) is 10.7. The molecule has 14 heavy (non-hydrogen) atoms. The molecule has 0 radical (unpaired) electrons. The molecule has 1 unspecified atom stereocenters. The molecule has 0 aliphatic rings. The molecule has 0 aromatic carbocycles. The Morgan fingerprint density at radius 2 is 2.07 bits per heavy atom. The van der Waals surface area contributed by atoms with Gasteiger partial charge in [0, 0.05) is 28.3 Å². The van der Waals surface area contributed by atoms with Crippen molar-refractivity contribution in [3.05, 3.63) is 28.5 Å². The summed E-state index contributed by atoms with van der Waals surface area (Å²) in [6.45, 7) is 6.06. The summed E-state index contributed by atoms with van der Waals surface area (Å²) >= 11 is 3.33. The van der Waals surface area contributed by atoms with Crippen LogP contribution >= 0.6 is 15.9 Å². The van der Waals surface area contributed by atoms with Gasteiger partial charge in [0.05, 0.1) is 0 Å². The van der Waals surface area contributed by atoms with Gasteiger partial charge in [-0.25, -0.2) is 0 Å². The monoisotopic (exact) mass is 255 g/mol. The van der Waals surface area contributed by atoms with Crippen LogP contribution in [0.25, 0.3) is 0 Å². The van der Waals surface area contributed by atoms with E-state index in [-0.39, 0.29) is 11.7 Å². The molecule has 0 amide bonds. The van der Waals surface area contributed by atoms with Crippen molar-refractivity contribution >= 4 is 21.7 Å². The first-order valence-corrected chi connectivity index (χ1v) is 5.47. The second kappa shape index (κ2) is 4.69. The maximum atomic E-state index is 11.9. The summed E-state index contributed by atoms with van der Waals surface area (Å²) in [6, 6.07) is 1.76. The topological polar surface area (TPSA) is 30.0 Å². The average molecular weight is 256 g/mol. The number of halogens is 1. The molecule has 0 aliphatic heterocycles. The van der Waals surface area contributed by atoms with Crippen molar-refractivity contribution in [2.24, 2.45) is 11.8 Å². The summed E-state index contributed by atoms with van der Waals surface area (Å²) in [7, 11) is 0. The van der Waals surface area contributed by atoms with Crippen LogP contribution in [0.1, 0.15) is 31.1 Å². The minimum Gasteiger partial charge on any atom is -0.294 e. The number of hydrogen-bond donors (Lipinski definition) is 0. The highest BCUT2D eigenvalue weighted by Crippen LogP contribution is 2.21. The third-order valence-corrected chi connectivity index (χ3v) is 3.08. The molecule has 0 fully saturated rings. The van der Waals surface area contributed by atoms with Crippen molar-refractivity contribution in [2.45, 2.75) is 20.8 Å². The van der Waals surface area contributed by atoms with Crippen LogP contribution in [0.5, 0.6) is 0 Å². The fourth-order valence-electron chi connectivity index (χ4n) is 1.12. The standard InChI is InChI=1S/C11H14BrNO/c1-7(2)8(3)11(14)9-4-5-13-6-10(9)12/h4-8H,1-3H3. The molecule has 1 aromatic rings. The maximum Gasteiger partial charge on any atom is 0.167 e. The lowest BCUT2D eigenvalue weighted by Gasteiger charge is -2.14. The van der Waals surface area contributed by atoms with Gasteiger partial charge in [0.1, 0.15) is 0 Å². The average Bonchev–Trinajstić information content (AvgIpc) is 2.16. The summed E-state index contributed by atoms with van der Waals surface area (Å²) in [5.74, 6) is 0.588. The van der Waals surface area contributed by atoms with E-state index >= 15 is 0 Å². The molecule has 0 saturated heterocycles. The number of rotatable bonds is 3. The van der Waals surface area contributed by atoms with Gasteiger partial charge >= 0.3 is 0 Å². The number of hydrogen-bond acceptors (Lipinski definition) is 2. The Bertz CT molecular complexity index is 336. The first-order chi connectivity index (χ1) is 6.54. The Balaban J connectivity index is 2.95. The molecule has 1 aromatic heterocycles. The summed E-state index contributed by atoms with van der Waals surface area (Å²) in [4.78, 5) is 15.9. The van der Waals surface area contributed by atoms with E-state index in [2.05, 4.69) is 34.8 Å². The minimum atomic E-state index is 0.0497. The Morgan fingerprint density at radius 1 is 1.43 bits per heavy atom. The third kappa shape index (κ3) is 2.41. The van der Waals surface area contributed by atoms with Crippen molar-refractivity contribution in [3.8, 4) is 0 Å². The predicted molar refractivity (Wildman–Crippen MR) is 60.3 cm³/mol. The lowest BCUT2D eigenvalue weighted by molar-refractivity contribution is 0.0899. The molecular formula is C11H14BrNO. The Morgan fingerprint density at radius 3 is 2.57 bits per heavy atom. The van der Waals surface area contributed by atoms with Gasteiger partial charge in [-0.15, -0.1) is 0 Å².